The molecule has 0 aliphatic carbocycles. The molecule has 11 heteroatoms. The molecule has 0 aromatic heterocycles. The maximum atomic E-state index is 16.6. The molecule has 4 atom stereocenters. The number of ether oxygens (including phenoxy) is 1. The third kappa shape index (κ3) is 6.96. The summed E-state index contributed by atoms with van der Waals surface area (Å²) in [5.41, 5.74) is 2.81. The van der Waals surface area contributed by atoms with Gasteiger partial charge < -0.3 is 23.8 Å². The molecule has 3 aliphatic heterocycles. The molecule has 0 unspecified atom stereocenters. The minimum Gasteiger partial charge on any atom is -0.395 e. The SMILES string of the molecule is C[C@H]1[C@H]([Si](C)(C)F)[C@@H](CC(=O)N(CCO)Cc2ccccc2)O[C@]12C(=O)N(Cc1ccccc1)c1ccc(N3N=C(c4ccccc4)CCC3=O)cc12. The van der Waals surface area contributed by atoms with Gasteiger partial charge in [-0.3, -0.25) is 14.4 Å². The van der Waals surface area contributed by atoms with Gasteiger partial charge in [0.15, 0.2) is 5.60 Å². The Hall–Kier alpha value is -4.97. The lowest BCUT2D eigenvalue weighted by molar-refractivity contribution is -0.150. The van der Waals surface area contributed by atoms with Gasteiger partial charge in [0.05, 0.1) is 42.8 Å². The second-order valence-electron chi connectivity index (χ2n) is 14.7. The lowest BCUT2D eigenvalue weighted by Gasteiger charge is -2.31. The molecule has 0 saturated carbocycles. The number of rotatable bonds is 11. The van der Waals surface area contributed by atoms with E-state index in [1.54, 1.807) is 35.0 Å². The molecular formula is C42H45FN4O5Si. The minimum absolute atomic E-state index is 0.105. The zero-order valence-electron chi connectivity index (χ0n) is 30.3. The van der Waals surface area contributed by atoms with E-state index in [2.05, 4.69) is 0 Å². The quantitative estimate of drug-likeness (QED) is 0.133. The number of hydrogen-bond donors (Lipinski definition) is 1. The second-order valence-corrected chi connectivity index (χ2v) is 18.5. The monoisotopic (exact) mass is 732 g/mol. The van der Waals surface area contributed by atoms with Crippen molar-refractivity contribution >= 4 is 43.2 Å². The number of benzene rings is 4. The number of carbonyl (C=O) groups is 3. The molecule has 9 nitrogen and oxygen atoms in total. The average molecular weight is 733 g/mol. The molecule has 53 heavy (non-hydrogen) atoms. The molecule has 3 amide bonds. The second kappa shape index (κ2) is 14.8. The number of anilines is 2. The Morgan fingerprint density at radius 1 is 0.943 bits per heavy atom. The van der Waals surface area contributed by atoms with Crippen LogP contribution in [-0.2, 0) is 37.8 Å². The van der Waals surface area contributed by atoms with E-state index in [9.17, 15) is 14.7 Å². The summed E-state index contributed by atoms with van der Waals surface area (Å²) < 4.78 is 23.6. The van der Waals surface area contributed by atoms with Crippen LogP contribution in [0.1, 0.15) is 48.4 Å². The molecule has 0 radical (unpaired) electrons. The maximum absolute atomic E-state index is 16.6. The topological polar surface area (TPSA) is 103 Å². The van der Waals surface area contributed by atoms with Crippen molar-refractivity contribution in [3.8, 4) is 0 Å². The van der Waals surface area contributed by atoms with Crippen molar-refractivity contribution in [1.82, 2.24) is 4.90 Å². The van der Waals surface area contributed by atoms with Crippen molar-refractivity contribution in [2.75, 3.05) is 23.1 Å². The maximum Gasteiger partial charge on any atom is 0.264 e. The Balaban J connectivity index is 1.30. The van der Waals surface area contributed by atoms with E-state index in [0.29, 0.717) is 23.4 Å². The third-order valence-corrected chi connectivity index (χ3v) is 13.3. The number of hydrogen-bond acceptors (Lipinski definition) is 6. The number of hydrazone groups is 1. The summed E-state index contributed by atoms with van der Waals surface area (Å²) in [5, 5.41) is 16.1. The number of fused-ring (bicyclic) bond motifs is 2. The van der Waals surface area contributed by atoms with E-state index in [1.165, 1.54) is 5.01 Å². The van der Waals surface area contributed by atoms with Crippen LogP contribution in [0.5, 0.6) is 0 Å². The first-order valence-electron chi connectivity index (χ1n) is 18.3. The number of nitrogens with zero attached hydrogens (tertiary/aromatic N) is 4. The lowest BCUT2D eigenvalue weighted by Crippen LogP contribution is -2.45. The van der Waals surface area contributed by atoms with E-state index in [4.69, 9.17) is 9.84 Å². The van der Waals surface area contributed by atoms with Crippen LogP contribution in [0.3, 0.4) is 0 Å². The van der Waals surface area contributed by atoms with Gasteiger partial charge >= 0.3 is 0 Å². The van der Waals surface area contributed by atoms with E-state index < -0.39 is 31.6 Å². The van der Waals surface area contributed by atoms with Gasteiger partial charge in [-0.1, -0.05) is 97.9 Å². The predicted molar refractivity (Wildman–Crippen MR) is 205 cm³/mol. The molecule has 7 rings (SSSR count). The molecule has 1 fully saturated rings. The van der Waals surface area contributed by atoms with Gasteiger partial charge in [-0.25, -0.2) is 5.01 Å². The van der Waals surface area contributed by atoms with Crippen LogP contribution in [0.15, 0.2) is 114 Å². The predicted octanol–water partition coefficient (Wildman–Crippen LogP) is 6.95. The van der Waals surface area contributed by atoms with E-state index in [0.717, 1.165) is 22.4 Å². The van der Waals surface area contributed by atoms with E-state index in [1.807, 2.05) is 104 Å². The van der Waals surface area contributed by atoms with Crippen LogP contribution >= 0.6 is 0 Å². The van der Waals surface area contributed by atoms with Gasteiger partial charge in [0, 0.05) is 43.0 Å². The summed E-state index contributed by atoms with van der Waals surface area (Å²) in [6, 6.07) is 34.3. The molecule has 274 valence electrons. The number of amides is 3. The summed E-state index contributed by atoms with van der Waals surface area (Å²) in [7, 11) is -3.59. The van der Waals surface area contributed by atoms with Gasteiger partial charge in [0.1, 0.15) is 0 Å². The first-order valence-corrected chi connectivity index (χ1v) is 21.2. The summed E-state index contributed by atoms with van der Waals surface area (Å²) in [6.45, 7) is 5.48. The summed E-state index contributed by atoms with van der Waals surface area (Å²) in [4.78, 5) is 45.7. The zero-order chi connectivity index (χ0) is 37.3. The van der Waals surface area contributed by atoms with E-state index >= 15 is 8.90 Å². The lowest BCUT2D eigenvalue weighted by atomic mass is 9.82. The molecule has 3 heterocycles. The van der Waals surface area contributed by atoms with Crippen LogP contribution in [-0.4, -0.2) is 61.1 Å². The number of aliphatic hydroxyl groups is 1. The van der Waals surface area contributed by atoms with Crippen molar-refractivity contribution in [2.24, 2.45) is 11.0 Å². The fraction of sp³-hybridized carbons (Fsp3) is 0.333. The molecule has 3 aliphatic rings. The van der Waals surface area contributed by atoms with Crippen LogP contribution < -0.4 is 9.91 Å². The van der Waals surface area contributed by atoms with E-state index in [-0.39, 0.29) is 56.8 Å². The fourth-order valence-corrected chi connectivity index (χ4v) is 10.9. The number of carbonyl (C=O) groups excluding carboxylic acids is 3. The zero-order valence-corrected chi connectivity index (χ0v) is 31.3. The van der Waals surface area contributed by atoms with Gasteiger partial charge in [0.25, 0.3) is 5.91 Å². The van der Waals surface area contributed by atoms with Crippen molar-refractivity contribution in [1.29, 1.82) is 0 Å². The Morgan fingerprint density at radius 2 is 1.58 bits per heavy atom. The molecule has 4 aromatic rings. The standard InChI is InChI=1S/C42H45FN4O5Si/c1-29-40(53(2,3)43)37(26-39(50)45(23-24-48)27-30-13-7-4-8-14-30)52-42(29)34-25-33(47-38(49)22-20-35(44-47)32-17-11-6-12-18-32)19-21-36(34)46(41(42)51)28-31-15-9-5-10-16-31/h4-19,21,25,29,37,40,48H,20,22-24,26-28H2,1-3H3/t29-,37+,40-,42+/m0/s1. The highest BCUT2D eigenvalue weighted by Crippen LogP contribution is 2.61. The normalized spacial score (nSPS) is 22.7. The van der Waals surface area contributed by atoms with Gasteiger partial charge in [-0.15, -0.1) is 0 Å². The highest BCUT2D eigenvalue weighted by molar-refractivity contribution is 6.72. The van der Waals surface area contributed by atoms with Crippen molar-refractivity contribution in [2.45, 2.75) is 69.6 Å². The number of aliphatic hydroxyl groups excluding tert-OH is 1. The molecular weight excluding hydrogens is 688 g/mol. The minimum atomic E-state index is -3.59. The van der Waals surface area contributed by atoms with Crippen LogP contribution in [0.2, 0.25) is 18.6 Å². The molecule has 1 N–H and O–H groups in total. The smallest absolute Gasteiger partial charge is 0.264 e. The fourth-order valence-electron chi connectivity index (χ4n) is 8.40. The first-order chi connectivity index (χ1) is 25.5. The van der Waals surface area contributed by atoms with Crippen LogP contribution in [0, 0.1) is 5.92 Å². The highest BCUT2D eigenvalue weighted by Gasteiger charge is 2.67. The van der Waals surface area contributed by atoms with Gasteiger partial charge in [0.2, 0.25) is 20.2 Å². The van der Waals surface area contributed by atoms with Crippen molar-refractivity contribution < 1.29 is 28.3 Å². The Bertz CT molecular complexity index is 2010. The molecule has 1 saturated heterocycles. The van der Waals surface area contributed by atoms with Crippen molar-refractivity contribution in [3.63, 3.8) is 0 Å². The average Bonchev–Trinajstić information content (AvgIpc) is 3.58. The Morgan fingerprint density at radius 3 is 2.23 bits per heavy atom. The van der Waals surface area contributed by atoms with Crippen LogP contribution in [0.4, 0.5) is 15.5 Å². The summed E-state index contributed by atoms with van der Waals surface area (Å²) in [5.74, 6) is -1.43. The molecule has 4 aromatic carbocycles. The summed E-state index contributed by atoms with van der Waals surface area (Å²) >= 11 is 0. The van der Waals surface area contributed by atoms with Crippen LogP contribution in [0.25, 0.3) is 0 Å². The number of halogens is 1. The van der Waals surface area contributed by atoms with Crippen molar-refractivity contribution in [3.05, 3.63) is 131 Å². The third-order valence-electron chi connectivity index (χ3n) is 10.8. The Kier molecular flexibility index (Phi) is 10.2. The van der Waals surface area contributed by atoms with Gasteiger partial charge in [-0.2, -0.15) is 5.10 Å². The largest absolute Gasteiger partial charge is 0.395 e. The molecule has 0 bridgehead atoms. The molecule has 1 spiro atoms. The first kappa shape index (κ1) is 36.4. The van der Waals surface area contributed by atoms with Gasteiger partial charge in [-0.05, 0) is 48.0 Å². The highest BCUT2D eigenvalue weighted by atomic mass is 28.4. The summed E-state index contributed by atoms with van der Waals surface area (Å²) in [6.07, 6.45) is -0.288. The Labute approximate surface area is 310 Å².